The van der Waals surface area contributed by atoms with Crippen LogP contribution in [0.1, 0.15) is 51.1 Å². The van der Waals surface area contributed by atoms with E-state index in [4.69, 9.17) is 23.9 Å². The Labute approximate surface area is 233 Å². The number of esters is 2. The minimum atomic E-state index is -0.646. The second-order valence-electron chi connectivity index (χ2n) is 9.29. The SMILES string of the molecule is CCOC(=O)[C@@H]1CCCN(C(=O)CC2=CSC3=NC(CC)=C(C(=O)OC)[C@H](c4cccc(OC)c4OC)N23)C1. The average Bonchev–Trinajstić information content (AvgIpc) is 3.37. The van der Waals surface area contributed by atoms with Crippen LogP contribution in [0.15, 0.2) is 45.6 Å². The van der Waals surface area contributed by atoms with Crippen molar-refractivity contribution in [1.29, 1.82) is 0 Å². The average molecular weight is 558 g/mol. The Hall–Kier alpha value is -3.47. The number of piperidine rings is 1. The maximum Gasteiger partial charge on any atom is 0.338 e. The number of methoxy groups -OCH3 is 3. The summed E-state index contributed by atoms with van der Waals surface area (Å²) in [5, 5.41) is 2.57. The molecule has 10 nitrogen and oxygen atoms in total. The molecule has 1 saturated heterocycles. The molecular weight excluding hydrogens is 522 g/mol. The summed E-state index contributed by atoms with van der Waals surface area (Å²) < 4.78 is 21.7. The van der Waals surface area contributed by atoms with E-state index in [2.05, 4.69) is 0 Å². The Kier molecular flexibility index (Phi) is 9.21. The van der Waals surface area contributed by atoms with Gasteiger partial charge in [-0.3, -0.25) is 9.59 Å². The van der Waals surface area contributed by atoms with E-state index in [9.17, 15) is 14.4 Å². The first-order valence-electron chi connectivity index (χ1n) is 13.1. The van der Waals surface area contributed by atoms with Gasteiger partial charge >= 0.3 is 11.9 Å². The summed E-state index contributed by atoms with van der Waals surface area (Å²) in [6, 6.07) is 4.86. The highest BCUT2D eigenvalue weighted by Crippen LogP contribution is 2.49. The van der Waals surface area contributed by atoms with E-state index in [1.165, 1.54) is 18.9 Å². The molecule has 2 atom stereocenters. The standard InChI is InChI=1S/C28H35N3O7S/c1-6-20-23(27(34)37-5)24(19-11-8-12-21(35-3)25(19)36-4)31-18(16-39-28(31)29-20)14-22(32)30-13-9-10-17(15-30)26(33)38-7-2/h8,11-12,16-17,24H,6-7,9-10,13-15H2,1-5H3/t17-,24+/m1/s1. The first kappa shape index (κ1) is 28.5. The van der Waals surface area contributed by atoms with E-state index < -0.39 is 12.0 Å². The van der Waals surface area contributed by atoms with Crippen LogP contribution in [0.25, 0.3) is 0 Å². The highest BCUT2D eigenvalue weighted by molar-refractivity contribution is 8.16. The fourth-order valence-corrected chi connectivity index (χ4v) is 6.19. The van der Waals surface area contributed by atoms with Crippen molar-refractivity contribution in [3.8, 4) is 11.5 Å². The van der Waals surface area contributed by atoms with Crippen molar-refractivity contribution >= 4 is 34.8 Å². The molecule has 0 N–H and O–H groups in total. The molecule has 1 amide bonds. The molecular formula is C28H35N3O7S. The molecule has 39 heavy (non-hydrogen) atoms. The van der Waals surface area contributed by atoms with Crippen molar-refractivity contribution in [3.05, 3.63) is 46.1 Å². The van der Waals surface area contributed by atoms with Gasteiger partial charge in [0.05, 0.1) is 57.6 Å². The maximum absolute atomic E-state index is 13.5. The Bertz CT molecular complexity index is 1230. The van der Waals surface area contributed by atoms with Gasteiger partial charge in [-0.05, 0) is 37.7 Å². The van der Waals surface area contributed by atoms with Crippen molar-refractivity contribution in [1.82, 2.24) is 9.80 Å². The van der Waals surface area contributed by atoms with Gasteiger partial charge in [-0.15, -0.1) is 0 Å². The van der Waals surface area contributed by atoms with Crippen LogP contribution >= 0.6 is 11.8 Å². The fraction of sp³-hybridized carbons (Fsp3) is 0.500. The first-order valence-corrected chi connectivity index (χ1v) is 14.0. The highest BCUT2D eigenvalue weighted by Gasteiger charge is 2.43. The summed E-state index contributed by atoms with van der Waals surface area (Å²) in [5.74, 6) is -0.177. The van der Waals surface area contributed by atoms with Crippen LogP contribution in [-0.4, -0.2) is 73.8 Å². The molecule has 0 aromatic heterocycles. The van der Waals surface area contributed by atoms with E-state index in [1.807, 2.05) is 29.4 Å². The molecule has 11 heteroatoms. The fourth-order valence-electron chi connectivity index (χ4n) is 5.26. The maximum atomic E-state index is 13.5. The molecule has 3 heterocycles. The van der Waals surface area contributed by atoms with Crippen molar-refractivity contribution in [2.24, 2.45) is 10.9 Å². The third kappa shape index (κ3) is 5.63. The van der Waals surface area contributed by atoms with Gasteiger partial charge in [0.15, 0.2) is 16.7 Å². The smallest absolute Gasteiger partial charge is 0.338 e. The summed E-state index contributed by atoms with van der Waals surface area (Å²) in [6.07, 6.45) is 2.04. The lowest BCUT2D eigenvalue weighted by Gasteiger charge is -2.38. The Morgan fingerprint density at radius 2 is 1.92 bits per heavy atom. The number of nitrogens with zero attached hydrogens (tertiary/aromatic N) is 3. The lowest BCUT2D eigenvalue weighted by atomic mass is 9.91. The lowest BCUT2D eigenvalue weighted by Crippen LogP contribution is -2.44. The summed E-state index contributed by atoms with van der Waals surface area (Å²) in [6.45, 7) is 4.94. The van der Waals surface area contributed by atoms with Crippen LogP contribution in [0.3, 0.4) is 0 Å². The number of thioether (sulfide) groups is 1. The Balaban J connectivity index is 1.70. The molecule has 0 unspecified atom stereocenters. The van der Waals surface area contributed by atoms with Crippen molar-refractivity contribution < 1.29 is 33.3 Å². The number of fused-ring (bicyclic) bond motifs is 1. The summed E-state index contributed by atoms with van der Waals surface area (Å²) in [5.41, 5.74) is 2.39. The van der Waals surface area contributed by atoms with Gasteiger partial charge in [0.2, 0.25) is 5.91 Å². The van der Waals surface area contributed by atoms with Crippen LogP contribution < -0.4 is 9.47 Å². The Morgan fingerprint density at radius 3 is 2.59 bits per heavy atom. The predicted molar refractivity (Wildman–Crippen MR) is 147 cm³/mol. The molecule has 0 aliphatic carbocycles. The molecule has 0 saturated carbocycles. The van der Waals surface area contributed by atoms with Crippen molar-refractivity contribution in [2.75, 3.05) is 41.0 Å². The zero-order chi connectivity index (χ0) is 28.1. The van der Waals surface area contributed by atoms with Gasteiger partial charge in [-0.2, -0.15) is 0 Å². The van der Waals surface area contributed by atoms with Gasteiger partial charge in [0.1, 0.15) is 0 Å². The number of ether oxygens (including phenoxy) is 4. The molecule has 210 valence electrons. The first-order chi connectivity index (χ1) is 18.9. The van der Waals surface area contributed by atoms with Gasteiger partial charge < -0.3 is 28.7 Å². The number of para-hydroxylation sites is 1. The topological polar surface area (TPSA) is 107 Å². The normalized spacial score (nSPS) is 20.6. The summed E-state index contributed by atoms with van der Waals surface area (Å²) >= 11 is 1.41. The lowest BCUT2D eigenvalue weighted by molar-refractivity contribution is -0.151. The van der Waals surface area contributed by atoms with Crippen molar-refractivity contribution in [2.45, 2.75) is 45.6 Å². The number of allylic oxidation sites excluding steroid dienone is 1. The number of hydrogen-bond acceptors (Lipinski definition) is 10. The van der Waals surface area contributed by atoms with Crippen molar-refractivity contribution in [3.63, 3.8) is 0 Å². The number of carbonyl (C=O) groups is 3. The quantitative estimate of drug-likeness (QED) is 0.416. The zero-order valence-corrected chi connectivity index (χ0v) is 23.8. The second kappa shape index (κ2) is 12.6. The highest BCUT2D eigenvalue weighted by atomic mass is 32.2. The van der Waals surface area contributed by atoms with Crippen LogP contribution in [0.4, 0.5) is 0 Å². The van der Waals surface area contributed by atoms with E-state index in [1.54, 1.807) is 32.1 Å². The molecule has 1 aromatic rings. The van der Waals surface area contributed by atoms with E-state index in [0.717, 1.165) is 6.42 Å². The second-order valence-corrected chi connectivity index (χ2v) is 10.1. The number of aliphatic imine (C=N–C) groups is 1. The number of rotatable bonds is 9. The molecule has 3 aliphatic heterocycles. The third-order valence-electron chi connectivity index (χ3n) is 7.08. The van der Waals surface area contributed by atoms with Crippen LogP contribution in [-0.2, 0) is 23.9 Å². The molecule has 3 aliphatic rings. The molecule has 0 bridgehead atoms. The van der Waals surface area contributed by atoms with Gasteiger partial charge in [-0.25, -0.2) is 9.79 Å². The van der Waals surface area contributed by atoms with E-state index >= 15 is 0 Å². The predicted octanol–water partition coefficient (Wildman–Crippen LogP) is 4.03. The van der Waals surface area contributed by atoms with Crippen LogP contribution in [0.5, 0.6) is 11.5 Å². The minimum absolute atomic E-state index is 0.0836. The number of amides is 1. The molecule has 0 radical (unpaired) electrons. The van der Waals surface area contributed by atoms with E-state index in [-0.39, 0.29) is 24.2 Å². The molecule has 4 rings (SSSR count). The molecule has 1 aromatic carbocycles. The molecule has 0 spiro atoms. The molecule has 1 fully saturated rings. The minimum Gasteiger partial charge on any atom is -0.493 e. The van der Waals surface area contributed by atoms with Gasteiger partial charge in [-0.1, -0.05) is 30.8 Å². The summed E-state index contributed by atoms with van der Waals surface area (Å²) in [4.78, 5) is 47.5. The number of benzene rings is 1. The third-order valence-corrected chi connectivity index (χ3v) is 7.97. The largest absolute Gasteiger partial charge is 0.493 e. The number of carbonyl (C=O) groups excluding carboxylic acids is 3. The number of hydrogen-bond donors (Lipinski definition) is 0. The van der Waals surface area contributed by atoms with E-state index in [0.29, 0.717) is 71.7 Å². The Morgan fingerprint density at radius 1 is 1.13 bits per heavy atom. The van der Waals surface area contributed by atoms with Gasteiger partial charge in [0.25, 0.3) is 0 Å². The zero-order valence-electron chi connectivity index (χ0n) is 23.0. The van der Waals surface area contributed by atoms with Crippen LogP contribution in [0.2, 0.25) is 0 Å². The van der Waals surface area contributed by atoms with Gasteiger partial charge in [0, 0.05) is 24.4 Å². The number of amidine groups is 1. The summed E-state index contributed by atoms with van der Waals surface area (Å²) in [7, 11) is 4.45. The van der Waals surface area contributed by atoms with Crippen LogP contribution in [0, 0.1) is 5.92 Å². The monoisotopic (exact) mass is 557 g/mol. The number of likely N-dealkylation sites (tertiary alicyclic amines) is 1.